The van der Waals surface area contributed by atoms with Crippen molar-refractivity contribution in [2.75, 3.05) is 6.61 Å². The van der Waals surface area contributed by atoms with Gasteiger partial charge in [-0.1, -0.05) is 24.3 Å². The third-order valence-corrected chi connectivity index (χ3v) is 3.26. The Balaban J connectivity index is 2.15. The molecule has 0 aliphatic heterocycles. The molecule has 0 radical (unpaired) electrons. The van der Waals surface area contributed by atoms with Gasteiger partial charge in [0.25, 0.3) is 0 Å². The van der Waals surface area contributed by atoms with E-state index in [1.54, 1.807) is 0 Å². The largest absolute Gasteiger partial charge is 0.386 e. The second-order valence-electron chi connectivity index (χ2n) is 4.56. The van der Waals surface area contributed by atoms with Gasteiger partial charge in [-0.3, -0.25) is 0 Å². The molecule has 0 aromatic heterocycles. The van der Waals surface area contributed by atoms with Crippen LogP contribution in [0.1, 0.15) is 37.0 Å². The highest BCUT2D eigenvalue weighted by atomic mass is 16.5. The smallest absolute Gasteiger partial charge is 0.106 e. The van der Waals surface area contributed by atoms with E-state index >= 15 is 0 Å². The van der Waals surface area contributed by atoms with Gasteiger partial charge < -0.3 is 9.84 Å². The summed E-state index contributed by atoms with van der Waals surface area (Å²) in [5, 5.41) is 10.4. The fraction of sp³-hybridized carbons (Fsp3) is 0.571. The molecule has 0 amide bonds. The first-order valence-corrected chi connectivity index (χ1v) is 6.09. The lowest BCUT2D eigenvalue weighted by Gasteiger charge is -2.24. The number of aliphatic hydroxyl groups excluding tert-OH is 1. The molecule has 0 spiro atoms. The van der Waals surface area contributed by atoms with Crippen LogP contribution in [-0.4, -0.2) is 17.8 Å². The van der Waals surface area contributed by atoms with Crippen molar-refractivity contribution in [3.05, 3.63) is 35.4 Å². The van der Waals surface area contributed by atoms with Gasteiger partial charge in [-0.05, 0) is 43.7 Å². The Kier molecular flexibility index (Phi) is 3.62. The van der Waals surface area contributed by atoms with Crippen LogP contribution in [0, 0.1) is 12.8 Å². The number of hydrogen-bond donors (Lipinski definition) is 1. The molecule has 2 atom stereocenters. The van der Waals surface area contributed by atoms with Gasteiger partial charge in [-0.2, -0.15) is 0 Å². The van der Waals surface area contributed by atoms with Crippen molar-refractivity contribution in [3.63, 3.8) is 0 Å². The van der Waals surface area contributed by atoms with E-state index in [1.165, 1.54) is 12.8 Å². The molecule has 1 N–H and O–H groups in total. The van der Waals surface area contributed by atoms with E-state index in [9.17, 15) is 5.11 Å². The first-order valence-electron chi connectivity index (χ1n) is 6.09. The number of aryl methyl sites for hydroxylation is 1. The van der Waals surface area contributed by atoms with Gasteiger partial charge in [0.05, 0.1) is 6.10 Å². The Labute approximate surface area is 97.3 Å². The Morgan fingerprint density at radius 2 is 2.06 bits per heavy atom. The van der Waals surface area contributed by atoms with E-state index in [0.717, 1.165) is 11.1 Å². The van der Waals surface area contributed by atoms with Crippen molar-refractivity contribution in [1.29, 1.82) is 0 Å². The van der Waals surface area contributed by atoms with E-state index in [2.05, 4.69) is 0 Å². The van der Waals surface area contributed by atoms with Gasteiger partial charge in [0.1, 0.15) is 6.10 Å². The highest BCUT2D eigenvalue weighted by molar-refractivity contribution is 5.28. The summed E-state index contributed by atoms with van der Waals surface area (Å²) in [5.74, 6) is 0.551. The molecule has 16 heavy (non-hydrogen) atoms. The molecule has 1 fully saturated rings. The second-order valence-corrected chi connectivity index (χ2v) is 4.56. The van der Waals surface area contributed by atoms with Crippen molar-refractivity contribution in [2.24, 2.45) is 5.92 Å². The van der Waals surface area contributed by atoms with Crippen LogP contribution >= 0.6 is 0 Å². The fourth-order valence-electron chi connectivity index (χ4n) is 2.20. The molecule has 1 aromatic carbocycles. The SMILES string of the molecule is CCOC(C1CC1)C(O)c1ccccc1C. The molecule has 0 heterocycles. The van der Waals surface area contributed by atoms with Gasteiger partial charge in [0, 0.05) is 6.61 Å². The maximum atomic E-state index is 10.4. The Morgan fingerprint density at radius 3 is 2.62 bits per heavy atom. The van der Waals surface area contributed by atoms with E-state index in [1.807, 2.05) is 38.1 Å². The maximum absolute atomic E-state index is 10.4. The summed E-state index contributed by atoms with van der Waals surface area (Å²) in [6.45, 7) is 4.69. The Morgan fingerprint density at radius 1 is 1.38 bits per heavy atom. The van der Waals surface area contributed by atoms with Crippen LogP contribution in [0.4, 0.5) is 0 Å². The van der Waals surface area contributed by atoms with Crippen LogP contribution in [0.5, 0.6) is 0 Å². The van der Waals surface area contributed by atoms with Crippen molar-refractivity contribution in [2.45, 2.75) is 38.9 Å². The molecule has 1 aliphatic rings. The monoisotopic (exact) mass is 220 g/mol. The standard InChI is InChI=1S/C14H20O2/c1-3-16-14(11-8-9-11)13(15)12-7-5-4-6-10(12)2/h4-7,11,13-15H,3,8-9H2,1-2H3. The number of aliphatic hydroxyl groups is 1. The number of ether oxygens (including phenoxy) is 1. The average molecular weight is 220 g/mol. The van der Waals surface area contributed by atoms with E-state index in [4.69, 9.17) is 4.74 Å². The number of hydrogen-bond acceptors (Lipinski definition) is 2. The summed E-state index contributed by atoms with van der Waals surface area (Å²) < 4.78 is 5.69. The van der Waals surface area contributed by atoms with Crippen molar-refractivity contribution in [3.8, 4) is 0 Å². The van der Waals surface area contributed by atoms with Gasteiger partial charge in [0.15, 0.2) is 0 Å². The minimum atomic E-state index is -0.478. The molecule has 1 aromatic rings. The Bertz CT molecular complexity index is 344. The van der Waals surface area contributed by atoms with Crippen LogP contribution in [0.2, 0.25) is 0 Å². The highest BCUT2D eigenvalue weighted by Crippen LogP contribution is 2.40. The van der Waals surface area contributed by atoms with Crippen molar-refractivity contribution < 1.29 is 9.84 Å². The summed E-state index contributed by atoms with van der Waals surface area (Å²) in [4.78, 5) is 0. The van der Waals surface area contributed by atoms with E-state index < -0.39 is 6.10 Å². The van der Waals surface area contributed by atoms with Gasteiger partial charge in [0.2, 0.25) is 0 Å². The quantitative estimate of drug-likeness (QED) is 0.826. The molecule has 1 saturated carbocycles. The maximum Gasteiger partial charge on any atom is 0.106 e. The van der Waals surface area contributed by atoms with Crippen molar-refractivity contribution >= 4 is 0 Å². The van der Waals surface area contributed by atoms with E-state index in [-0.39, 0.29) is 6.10 Å². The zero-order valence-electron chi connectivity index (χ0n) is 10.0. The zero-order valence-corrected chi connectivity index (χ0v) is 10.0. The van der Waals surface area contributed by atoms with Gasteiger partial charge in [-0.25, -0.2) is 0 Å². The molecule has 2 nitrogen and oxygen atoms in total. The molecule has 1 aliphatic carbocycles. The number of rotatable bonds is 5. The molecule has 2 unspecified atom stereocenters. The lowest BCUT2D eigenvalue weighted by atomic mass is 9.97. The molecule has 88 valence electrons. The molecular formula is C14H20O2. The van der Waals surface area contributed by atoms with Crippen LogP contribution in [0.3, 0.4) is 0 Å². The first kappa shape index (κ1) is 11.6. The predicted octanol–water partition coefficient (Wildman–Crippen LogP) is 2.84. The van der Waals surface area contributed by atoms with Crippen LogP contribution in [0.25, 0.3) is 0 Å². The average Bonchev–Trinajstić information content (AvgIpc) is 3.09. The normalized spacial score (nSPS) is 19.4. The minimum Gasteiger partial charge on any atom is -0.386 e. The van der Waals surface area contributed by atoms with Gasteiger partial charge >= 0.3 is 0 Å². The molecule has 2 heteroatoms. The summed E-state index contributed by atoms with van der Waals surface area (Å²) >= 11 is 0. The minimum absolute atomic E-state index is 0.0221. The van der Waals surface area contributed by atoms with E-state index in [0.29, 0.717) is 12.5 Å². The molecule has 2 rings (SSSR count). The zero-order chi connectivity index (χ0) is 11.5. The van der Waals surface area contributed by atoms with Crippen molar-refractivity contribution in [1.82, 2.24) is 0 Å². The summed E-state index contributed by atoms with van der Waals surface area (Å²) in [7, 11) is 0. The second kappa shape index (κ2) is 4.98. The molecule has 0 bridgehead atoms. The molecular weight excluding hydrogens is 200 g/mol. The Hall–Kier alpha value is -0.860. The first-order chi connectivity index (χ1) is 7.74. The fourth-order valence-corrected chi connectivity index (χ4v) is 2.20. The summed E-state index contributed by atoms with van der Waals surface area (Å²) in [6.07, 6.45) is 1.88. The summed E-state index contributed by atoms with van der Waals surface area (Å²) in [6, 6.07) is 8.00. The lowest BCUT2D eigenvalue weighted by Crippen LogP contribution is -2.25. The third-order valence-electron chi connectivity index (χ3n) is 3.26. The lowest BCUT2D eigenvalue weighted by molar-refractivity contribution is -0.0464. The number of benzene rings is 1. The molecule has 0 saturated heterocycles. The van der Waals surface area contributed by atoms with Crippen LogP contribution < -0.4 is 0 Å². The topological polar surface area (TPSA) is 29.5 Å². The summed E-state index contributed by atoms with van der Waals surface area (Å²) in [5.41, 5.74) is 2.15. The van der Waals surface area contributed by atoms with Crippen LogP contribution in [0.15, 0.2) is 24.3 Å². The highest BCUT2D eigenvalue weighted by Gasteiger charge is 2.37. The third kappa shape index (κ3) is 2.45. The van der Waals surface area contributed by atoms with Crippen LogP contribution in [-0.2, 0) is 4.74 Å². The van der Waals surface area contributed by atoms with Gasteiger partial charge in [-0.15, -0.1) is 0 Å². The predicted molar refractivity (Wildman–Crippen MR) is 64.3 cm³/mol.